The quantitative estimate of drug-likeness (QED) is 0.778. The highest BCUT2D eigenvalue weighted by molar-refractivity contribution is 5.89. The minimum Gasteiger partial charge on any atom is -0.466 e. The molecule has 0 saturated heterocycles. The SMILES string of the molecule is CCOC(=O)c1ccc(C2CCCCC2C(=O)OCC)cc1. The van der Waals surface area contributed by atoms with E-state index in [0.717, 1.165) is 31.2 Å². The zero-order valence-corrected chi connectivity index (χ0v) is 13.3. The van der Waals surface area contributed by atoms with Gasteiger partial charge in [-0.05, 0) is 50.3 Å². The van der Waals surface area contributed by atoms with Gasteiger partial charge in [-0.1, -0.05) is 25.0 Å². The van der Waals surface area contributed by atoms with E-state index in [1.54, 1.807) is 19.1 Å². The molecule has 2 unspecified atom stereocenters. The number of hydrogen-bond donors (Lipinski definition) is 0. The lowest BCUT2D eigenvalue weighted by Gasteiger charge is -2.30. The van der Waals surface area contributed by atoms with E-state index in [1.807, 2.05) is 19.1 Å². The van der Waals surface area contributed by atoms with Crippen LogP contribution in [0.4, 0.5) is 0 Å². The fourth-order valence-corrected chi connectivity index (χ4v) is 3.14. The van der Waals surface area contributed by atoms with E-state index in [4.69, 9.17) is 9.47 Å². The van der Waals surface area contributed by atoms with Gasteiger partial charge < -0.3 is 9.47 Å². The Morgan fingerprint density at radius 1 is 1.00 bits per heavy atom. The van der Waals surface area contributed by atoms with E-state index in [2.05, 4.69) is 0 Å². The molecule has 0 heterocycles. The van der Waals surface area contributed by atoms with Crippen LogP contribution in [-0.4, -0.2) is 25.2 Å². The first-order chi connectivity index (χ1) is 10.7. The summed E-state index contributed by atoms with van der Waals surface area (Å²) in [4.78, 5) is 23.8. The van der Waals surface area contributed by atoms with E-state index in [9.17, 15) is 9.59 Å². The maximum Gasteiger partial charge on any atom is 0.338 e. The topological polar surface area (TPSA) is 52.6 Å². The molecule has 120 valence electrons. The third-order valence-corrected chi connectivity index (χ3v) is 4.21. The van der Waals surface area contributed by atoms with Crippen molar-refractivity contribution in [3.05, 3.63) is 35.4 Å². The Bertz CT molecular complexity index is 506. The number of benzene rings is 1. The highest BCUT2D eigenvalue weighted by atomic mass is 16.5. The summed E-state index contributed by atoms with van der Waals surface area (Å²) in [5.74, 6) is -0.285. The van der Waals surface area contributed by atoms with Crippen molar-refractivity contribution in [2.45, 2.75) is 45.4 Å². The Labute approximate surface area is 131 Å². The molecule has 1 aromatic carbocycles. The Balaban J connectivity index is 2.14. The van der Waals surface area contributed by atoms with Gasteiger partial charge in [-0.25, -0.2) is 4.79 Å². The summed E-state index contributed by atoms with van der Waals surface area (Å²) in [5, 5.41) is 0. The van der Waals surface area contributed by atoms with Gasteiger partial charge in [0.2, 0.25) is 0 Å². The predicted molar refractivity (Wildman–Crippen MR) is 83.7 cm³/mol. The van der Waals surface area contributed by atoms with Gasteiger partial charge in [-0.15, -0.1) is 0 Å². The van der Waals surface area contributed by atoms with Gasteiger partial charge in [0.05, 0.1) is 24.7 Å². The average molecular weight is 304 g/mol. The molecule has 1 fully saturated rings. The lowest BCUT2D eigenvalue weighted by molar-refractivity contribution is -0.149. The lowest BCUT2D eigenvalue weighted by atomic mass is 9.75. The highest BCUT2D eigenvalue weighted by Gasteiger charge is 2.33. The second-order valence-corrected chi connectivity index (χ2v) is 5.59. The molecule has 1 aliphatic carbocycles. The van der Waals surface area contributed by atoms with Crippen LogP contribution in [0.3, 0.4) is 0 Å². The summed E-state index contributed by atoms with van der Waals surface area (Å²) in [7, 11) is 0. The van der Waals surface area contributed by atoms with Crippen molar-refractivity contribution >= 4 is 11.9 Å². The fourth-order valence-electron chi connectivity index (χ4n) is 3.14. The number of rotatable bonds is 5. The maximum absolute atomic E-state index is 12.1. The van der Waals surface area contributed by atoms with Gasteiger partial charge in [-0.2, -0.15) is 0 Å². The number of ether oxygens (including phenoxy) is 2. The van der Waals surface area contributed by atoms with Crippen molar-refractivity contribution in [1.29, 1.82) is 0 Å². The molecule has 0 aromatic heterocycles. The van der Waals surface area contributed by atoms with Crippen molar-refractivity contribution in [2.24, 2.45) is 5.92 Å². The van der Waals surface area contributed by atoms with Crippen LogP contribution >= 0.6 is 0 Å². The molecular formula is C18H24O4. The van der Waals surface area contributed by atoms with Gasteiger partial charge >= 0.3 is 11.9 Å². The molecule has 0 bridgehead atoms. The number of carbonyl (C=O) groups is 2. The van der Waals surface area contributed by atoms with Gasteiger partial charge in [0.1, 0.15) is 0 Å². The average Bonchev–Trinajstić information content (AvgIpc) is 2.55. The molecule has 1 aliphatic rings. The molecule has 22 heavy (non-hydrogen) atoms. The smallest absolute Gasteiger partial charge is 0.338 e. The number of carbonyl (C=O) groups excluding carboxylic acids is 2. The second kappa shape index (κ2) is 7.97. The van der Waals surface area contributed by atoms with Crippen LogP contribution < -0.4 is 0 Å². The van der Waals surface area contributed by atoms with Gasteiger partial charge in [-0.3, -0.25) is 4.79 Å². The van der Waals surface area contributed by atoms with Crippen molar-refractivity contribution in [3.8, 4) is 0 Å². The van der Waals surface area contributed by atoms with Crippen LogP contribution in [0.25, 0.3) is 0 Å². The van der Waals surface area contributed by atoms with Crippen LogP contribution in [0.2, 0.25) is 0 Å². The summed E-state index contributed by atoms with van der Waals surface area (Å²) < 4.78 is 10.2. The fraction of sp³-hybridized carbons (Fsp3) is 0.556. The molecule has 1 aromatic rings. The van der Waals surface area contributed by atoms with E-state index >= 15 is 0 Å². The van der Waals surface area contributed by atoms with E-state index in [0.29, 0.717) is 18.8 Å². The van der Waals surface area contributed by atoms with E-state index < -0.39 is 0 Å². The van der Waals surface area contributed by atoms with Gasteiger partial charge in [0, 0.05) is 0 Å². The van der Waals surface area contributed by atoms with Crippen LogP contribution in [0.15, 0.2) is 24.3 Å². The molecule has 0 spiro atoms. The van der Waals surface area contributed by atoms with Crippen molar-refractivity contribution in [2.75, 3.05) is 13.2 Å². The van der Waals surface area contributed by atoms with Crippen molar-refractivity contribution in [3.63, 3.8) is 0 Å². The minimum atomic E-state index is -0.306. The third kappa shape index (κ3) is 3.87. The second-order valence-electron chi connectivity index (χ2n) is 5.59. The largest absolute Gasteiger partial charge is 0.466 e. The Hall–Kier alpha value is -1.84. The van der Waals surface area contributed by atoms with E-state index in [-0.39, 0.29) is 23.8 Å². The summed E-state index contributed by atoms with van der Waals surface area (Å²) in [6.45, 7) is 4.42. The molecule has 0 radical (unpaired) electrons. The summed E-state index contributed by atoms with van der Waals surface area (Å²) in [6.07, 6.45) is 4.06. The van der Waals surface area contributed by atoms with Crippen LogP contribution in [-0.2, 0) is 14.3 Å². The highest BCUT2D eigenvalue weighted by Crippen LogP contribution is 2.38. The van der Waals surface area contributed by atoms with Gasteiger partial charge in [0.15, 0.2) is 0 Å². The Morgan fingerprint density at radius 3 is 2.27 bits per heavy atom. The minimum absolute atomic E-state index is 0.0675. The molecule has 2 rings (SSSR count). The molecule has 0 amide bonds. The van der Waals surface area contributed by atoms with Crippen molar-refractivity contribution < 1.29 is 19.1 Å². The standard InChI is InChI=1S/C18H24O4/c1-3-21-17(19)14-11-9-13(10-12-14)15-7-5-6-8-16(15)18(20)22-4-2/h9-12,15-16H,3-8H2,1-2H3. The Kier molecular flexibility index (Phi) is 5.99. The molecule has 4 heteroatoms. The summed E-state index contributed by atoms with van der Waals surface area (Å²) in [5.41, 5.74) is 1.65. The third-order valence-electron chi connectivity index (χ3n) is 4.21. The van der Waals surface area contributed by atoms with Crippen LogP contribution in [0.1, 0.15) is 61.4 Å². The van der Waals surface area contributed by atoms with Crippen LogP contribution in [0.5, 0.6) is 0 Å². The summed E-state index contributed by atoms with van der Waals surface area (Å²) >= 11 is 0. The predicted octanol–water partition coefficient (Wildman–Crippen LogP) is 3.70. The molecule has 0 N–H and O–H groups in total. The first kappa shape index (κ1) is 16.5. The molecule has 2 atom stereocenters. The van der Waals surface area contributed by atoms with Crippen LogP contribution in [0, 0.1) is 5.92 Å². The van der Waals surface area contributed by atoms with Crippen molar-refractivity contribution in [1.82, 2.24) is 0 Å². The first-order valence-electron chi connectivity index (χ1n) is 8.11. The number of esters is 2. The molecule has 0 aliphatic heterocycles. The molecular weight excluding hydrogens is 280 g/mol. The first-order valence-corrected chi connectivity index (χ1v) is 8.11. The zero-order valence-electron chi connectivity index (χ0n) is 13.3. The maximum atomic E-state index is 12.1. The Morgan fingerprint density at radius 2 is 1.64 bits per heavy atom. The zero-order chi connectivity index (χ0) is 15.9. The van der Waals surface area contributed by atoms with E-state index in [1.165, 1.54) is 0 Å². The normalized spacial score (nSPS) is 21.2. The van der Waals surface area contributed by atoms with Gasteiger partial charge in [0.25, 0.3) is 0 Å². The molecule has 4 nitrogen and oxygen atoms in total. The molecule has 1 saturated carbocycles. The lowest BCUT2D eigenvalue weighted by Crippen LogP contribution is -2.27. The monoisotopic (exact) mass is 304 g/mol. The number of hydrogen-bond acceptors (Lipinski definition) is 4. The summed E-state index contributed by atoms with van der Waals surface area (Å²) in [6, 6.07) is 7.44.